The smallest absolute Gasteiger partial charge is 0.238 e. The van der Waals surface area contributed by atoms with Crippen LogP contribution in [0.3, 0.4) is 0 Å². The molecule has 0 radical (unpaired) electrons. The molecule has 0 bridgehead atoms. The van der Waals surface area contributed by atoms with Crippen molar-refractivity contribution >= 4 is 8.32 Å². The summed E-state index contributed by atoms with van der Waals surface area (Å²) in [5.41, 5.74) is -0.391. The molecule has 0 aromatic carbocycles. The number of methoxy groups -OCH3 is 1. The first-order chi connectivity index (χ1) is 11.0. The number of rotatable bonds is 8. The molecule has 0 aromatic heterocycles. The van der Waals surface area contributed by atoms with Gasteiger partial charge in [-0.2, -0.15) is 0 Å². The second kappa shape index (κ2) is 7.96. The van der Waals surface area contributed by atoms with Gasteiger partial charge in [-0.1, -0.05) is 47.0 Å². The molecule has 2 fully saturated rings. The van der Waals surface area contributed by atoms with E-state index in [0.717, 1.165) is 44.0 Å². The minimum atomic E-state index is -1.77. The summed E-state index contributed by atoms with van der Waals surface area (Å²) in [7, 11) is -0.0235. The second-order valence-corrected chi connectivity index (χ2v) is 12.2. The molecule has 1 aliphatic heterocycles. The lowest BCUT2D eigenvalue weighted by atomic mass is 9.65. The standard InChI is InChI=1S/C18H36O4Si/c1-6-23(7-2,8-3)22-21-18(12-10-9-11-13-18)17(4)14-15-20-16(17)19-5/h16H,6-15H2,1-5H3. The predicted octanol–water partition coefficient (Wildman–Crippen LogP) is 5.04. The molecule has 1 heterocycles. The molecule has 2 rings (SSSR count). The van der Waals surface area contributed by atoms with Gasteiger partial charge in [0.25, 0.3) is 0 Å². The molecule has 0 aromatic rings. The Bertz CT molecular complexity index is 358. The van der Waals surface area contributed by atoms with E-state index in [1.54, 1.807) is 7.11 Å². The summed E-state index contributed by atoms with van der Waals surface area (Å²) in [5.74, 6) is 0. The van der Waals surface area contributed by atoms with E-state index in [1.807, 2.05) is 0 Å². The largest absolute Gasteiger partial charge is 0.355 e. The van der Waals surface area contributed by atoms with Gasteiger partial charge in [-0.25, -0.2) is 4.89 Å². The molecule has 136 valence electrons. The molecule has 1 saturated heterocycles. The third kappa shape index (κ3) is 3.54. The van der Waals surface area contributed by atoms with Crippen LogP contribution in [-0.4, -0.2) is 33.9 Å². The Kier molecular flexibility index (Phi) is 6.71. The fraction of sp³-hybridized carbons (Fsp3) is 1.00. The van der Waals surface area contributed by atoms with Gasteiger partial charge in [-0.3, -0.25) is 4.58 Å². The van der Waals surface area contributed by atoms with Crippen LogP contribution in [0, 0.1) is 5.41 Å². The van der Waals surface area contributed by atoms with Crippen LogP contribution < -0.4 is 0 Å². The van der Waals surface area contributed by atoms with Gasteiger partial charge in [0.2, 0.25) is 8.32 Å². The normalized spacial score (nSPS) is 31.4. The molecule has 5 heteroatoms. The Hall–Kier alpha value is 0.0569. The molecule has 1 saturated carbocycles. The van der Waals surface area contributed by atoms with Crippen LogP contribution >= 0.6 is 0 Å². The maximum atomic E-state index is 6.43. The van der Waals surface area contributed by atoms with Crippen LogP contribution in [-0.2, 0) is 18.9 Å². The highest BCUT2D eigenvalue weighted by Gasteiger charge is 2.58. The van der Waals surface area contributed by atoms with Crippen LogP contribution in [0.5, 0.6) is 0 Å². The minimum absolute atomic E-state index is 0.127. The molecule has 2 unspecified atom stereocenters. The summed E-state index contributed by atoms with van der Waals surface area (Å²) in [6.07, 6.45) is 6.58. The van der Waals surface area contributed by atoms with Crippen molar-refractivity contribution in [3.63, 3.8) is 0 Å². The van der Waals surface area contributed by atoms with Gasteiger partial charge in [0.05, 0.1) is 12.0 Å². The van der Waals surface area contributed by atoms with Gasteiger partial charge >= 0.3 is 0 Å². The Labute approximate surface area is 143 Å². The van der Waals surface area contributed by atoms with E-state index in [-0.39, 0.29) is 17.3 Å². The van der Waals surface area contributed by atoms with Crippen molar-refractivity contribution in [1.29, 1.82) is 0 Å². The summed E-state index contributed by atoms with van der Waals surface area (Å²) in [5, 5.41) is 0. The van der Waals surface area contributed by atoms with Crippen molar-refractivity contribution in [2.75, 3.05) is 13.7 Å². The molecule has 2 aliphatic rings. The molecule has 4 nitrogen and oxygen atoms in total. The quantitative estimate of drug-likeness (QED) is 0.351. The van der Waals surface area contributed by atoms with Crippen molar-refractivity contribution < 1.29 is 18.9 Å². The number of ether oxygens (including phenoxy) is 2. The van der Waals surface area contributed by atoms with Gasteiger partial charge in [0.15, 0.2) is 6.29 Å². The van der Waals surface area contributed by atoms with Gasteiger partial charge in [0, 0.05) is 7.11 Å². The Balaban J connectivity index is 2.22. The molecule has 1 aliphatic carbocycles. The summed E-state index contributed by atoms with van der Waals surface area (Å²) in [4.78, 5) is 6.43. The van der Waals surface area contributed by atoms with E-state index in [4.69, 9.17) is 18.9 Å². The van der Waals surface area contributed by atoms with Crippen molar-refractivity contribution in [3.05, 3.63) is 0 Å². The average molecular weight is 345 g/mol. The van der Waals surface area contributed by atoms with E-state index in [1.165, 1.54) is 19.3 Å². The fourth-order valence-electron chi connectivity index (χ4n) is 4.42. The van der Waals surface area contributed by atoms with E-state index in [0.29, 0.717) is 0 Å². The zero-order valence-corrected chi connectivity index (χ0v) is 16.8. The Morgan fingerprint density at radius 2 is 1.61 bits per heavy atom. The van der Waals surface area contributed by atoms with E-state index in [2.05, 4.69) is 27.7 Å². The van der Waals surface area contributed by atoms with Crippen LogP contribution in [0.15, 0.2) is 0 Å². The summed E-state index contributed by atoms with van der Waals surface area (Å²) in [6, 6.07) is 3.32. The van der Waals surface area contributed by atoms with Crippen LogP contribution in [0.1, 0.15) is 66.2 Å². The molecule has 0 spiro atoms. The second-order valence-electron chi connectivity index (χ2n) is 7.57. The fourth-order valence-corrected chi connectivity index (χ4v) is 6.61. The lowest BCUT2D eigenvalue weighted by molar-refractivity contribution is -0.359. The average Bonchev–Trinajstić information content (AvgIpc) is 3.00. The molecular weight excluding hydrogens is 308 g/mol. The van der Waals surface area contributed by atoms with Crippen molar-refractivity contribution in [3.8, 4) is 0 Å². The maximum Gasteiger partial charge on any atom is 0.238 e. The monoisotopic (exact) mass is 344 g/mol. The molecule has 2 atom stereocenters. The molecule has 23 heavy (non-hydrogen) atoms. The molecule has 0 amide bonds. The van der Waals surface area contributed by atoms with Crippen LogP contribution in [0.4, 0.5) is 0 Å². The Morgan fingerprint density at radius 3 is 2.13 bits per heavy atom. The van der Waals surface area contributed by atoms with Gasteiger partial charge < -0.3 is 9.47 Å². The SMILES string of the molecule is CC[Si](CC)(CC)OOC1(C2(C)CCOC2OC)CCCCC1. The summed E-state index contributed by atoms with van der Waals surface area (Å²) >= 11 is 0. The van der Waals surface area contributed by atoms with Crippen LogP contribution in [0.25, 0.3) is 0 Å². The van der Waals surface area contributed by atoms with Crippen molar-refractivity contribution in [1.82, 2.24) is 0 Å². The van der Waals surface area contributed by atoms with E-state index >= 15 is 0 Å². The lowest BCUT2D eigenvalue weighted by Crippen LogP contribution is -2.56. The van der Waals surface area contributed by atoms with E-state index < -0.39 is 8.32 Å². The zero-order valence-electron chi connectivity index (χ0n) is 15.8. The first-order valence-electron chi connectivity index (χ1n) is 9.52. The highest BCUT2D eigenvalue weighted by Crippen LogP contribution is 2.53. The first kappa shape index (κ1) is 19.4. The number of hydrogen-bond donors (Lipinski definition) is 0. The molecular formula is C18H36O4Si. The lowest BCUT2D eigenvalue weighted by Gasteiger charge is -2.50. The maximum absolute atomic E-state index is 6.43. The highest BCUT2D eigenvalue weighted by molar-refractivity contribution is 6.73. The summed E-state index contributed by atoms with van der Waals surface area (Å²) < 4.78 is 17.8. The predicted molar refractivity (Wildman–Crippen MR) is 94.7 cm³/mol. The third-order valence-electron chi connectivity index (χ3n) is 6.64. The topological polar surface area (TPSA) is 36.9 Å². The number of hydrogen-bond acceptors (Lipinski definition) is 4. The van der Waals surface area contributed by atoms with Gasteiger partial charge in [-0.05, 0) is 37.4 Å². The zero-order chi connectivity index (χ0) is 17.0. The minimum Gasteiger partial charge on any atom is -0.355 e. The Morgan fingerprint density at radius 1 is 1.00 bits per heavy atom. The first-order valence-corrected chi connectivity index (χ1v) is 12.1. The molecule has 0 N–H and O–H groups in total. The van der Waals surface area contributed by atoms with Crippen LogP contribution in [0.2, 0.25) is 18.1 Å². The van der Waals surface area contributed by atoms with Crippen molar-refractivity contribution in [2.24, 2.45) is 5.41 Å². The van der Waals surface area contributed by atoms with E-state index in [9.17, 15) is 0 Å². The van der Waals surface area contributed by atoms with Gasteiger partial charge in [-0.15, -0.1) is 0 Å². The third-order valence-corrected chi connectivity index (χ3v) is 10.9. The van der Waals surface area contributed by atoms with Crippen molar-refractivity contribution in [2.45, 2.75) is 96.2 Å². The highest BCUT2D eigenvalue weighted by atomic mass is 28.4. The van der Waals surface area contributed by atoms with Gasteiger partial charge in [0.1, 0.15) is 5.60 Å². The summed E-state index contributed by atoms with van der Waals surface area (Å²) in [6.45, 7) is 9.76.